The van der Waals surface area contributed by atoms with Gasteiger partial charge in [-0.05, 0) is 24.6 Å². The van der Waals surface area contributed by atoms with Crippen molar-refractivity contribution in [3.8, 4) is 5.75 Å². The van der Waals surface area contributed by atoms with Gasteiger partial charge in [0, 0.05) is 28.6 Å². The number of likely N-dealkylation sites (tertiary alicyclic amines) is 1. The number of benzene rings is 2. The highest BCUT2D eigenvalue weighted by Gasteiger charge is 2.70. The van der Waals surface area contributed by atoms with Gasteiger partial charge in [0.15, 0.2) is 0 Å². The molecule has 2 saturated heterocycles. The number of nitrogens with two attached hydrogens (primary N) is 1. The number of hydrogen-bond donors (Lipinski definition) is 3. The predicted octanol–water partition coefficient (Wildman–Crippen LogP) is 1.45. The Morgan fingerprint density at radius 1 is 1.18 bits per heavy atom. The fraction of sp³-hybridized carbons (Fsp3) is 0.333. The molecule has 2 fully saturated rings. The number of ether oxygens (including phenoxy) is 1. The Hall–Kier alpha value is -3.43. The SMILES string of the molecule is COc1ccccc1CN1C(=O)[C@H]2[C@@H](C1=O)[C@]1(N[C@@H]2CC(N)=O)C(=O)Nc2c1ccc(Cl)c2C. The molecule has 9 nitrogen and oxygen atoms in total. The van der Waals surface area contributed by atoms with Crippen molar-refractivity contribution >= 4 is 40.9 Å². The second-order valence-corrected chi connectivity index (χ2v) is 9.26. The van der Waals surface area contributed by atoms with Crippen LogP contribution in [0.2, 0.25) is 5.02 Å². The average molecular weight is 483 g/mol. The number of methoxy groups -OCH3 is 1. The molecule has 3 aliphatic heterocycles. The summed E-state index contributed by atoms with van der Waals surface area (Å²) in [6.45, 7) is 1.76. The topological polar surface area (TPSA) is 131 Å². The lowest BCUT2D eigenvalue weighted by Crippen LogP contribution is -2.53. The van der Waals surface area contributed by atoms with E-state index in [0.717, 1.165) is 4.90 Å². The first-order valence-electron chi connectivity index (χ1n) is 10.8. The number of carbonyl (C=O) groups excluding carboxylic acids is 4. The van der Waals surface area contributed by atoms with Crippen molar-refractivity contribution in [1.82, 2.24) is 10.2 Å². The molecular weight excluding hydrogens is 460 g/mol. The van der Waals surface area contributed by atoms with Crippen molar-refractivity contribution < 1.29 is 23.9 Å². The molecule has 0 aromatic heterocycles. The van der Waals surface area contributed by atoms with Crippen molar-refractivity contribution in [2.75, 3.05) is 12.4 Å². The van der Waals surface area contributed by atoms with E-state index in [-0.39, 0.29) is 13.0 Å². The maximum atomic E-state index is 13.8. The Labute approximate surface area is 200 Å². The molecule has 34 heavy (non-hydrogen) atoms. The van der Waals surface area contributed by atoms with Crippen molar-refractivity contribution in [1.29, 1.82) is 0 Å². The highest BCUT2D eigenvalue weighted by atomic mass is 35.5. The minimum absolute atomic E-state index is 0.0117. The molecule has 1 spiro atoms. The van der Waals surface area contributed by atoms with Gasteiger partial charge >= 0.3 is 0 Å². The predicted molar refractivity (Wildman–Crippen MR) is 123 cm³/mol. The lowest BCUT2D eigenvalue weighted by atomic mass is 9.76. The Bertz CT molecular complexity index is 1260. The van der Waals surface area contributed by atoms with E-state index in [1.807, 2.05) is 0 Å². The standard InChI is InChI=1S/C24H23ClN4O5/c1-11-14(25)8-7-13-20(11)27-23(33)24(13)19-18(15(28-24)9-17(26)30)21(31)29(22(19)32)10-12-5-3-4-6-16(12)34-2/h3-8,15,18-19,28H,9-10H2,1-2H3,(H2,26,30)(H,27,33)/t15-,18-,19+,24+/m1/s1. The van der Waals surface area contributed by atoms with Crippen LogP contribution in [0.1, 0.15) is 23.1 Å². The summed E-state index contributed by atoms with van der Waals surface area (Å²) in [6.07, 6.45) is -0.195. The Balaban J connectivity index is 1.62. The minimum atomic E-state index is -1.52. The normalized spacial score (nSPS) is 27.2. The van der Waals surface area contributed by atoms with Gasteiger partial charge in [-0.1, -0.05) is 35.9 Å². The summed E-state index contributed by atoms with van der Waals surface area (Å²) in [5.74, 6) is -3.48. The Morgan fingerprint density at radius 3 is 2.62 bits per heavy atom. The van der Waals surface area contributed by atoms with E-state index in [0.29, 0.717) is 33.1 Å². The zero-order valence-corrected chi connectivity index (χ0v) is 19.3. The van der Waals surface area contributed by atoms with Crippen LogP contribution in [0, 0.1) is 18.8 Å². The van der Waals surface area contributed by atoms with Gasteiger partial charge in [-0.2, -0.15) is 0 Å². The zero-order chi connectivity index (χ0) is 24.4. The van der Waals surface area contributed by atoms with Gasteiger partial charge < -0.3 is 15.8 Å². The molecule has 5 rings (SSSR count). The molecular formula is C24H23ClN4O5. The number of imide groups is 1. The smallest absolute Gasteiger partial charge is 0.250 e. The average Bonchev–Trinajstić information content (AvgIpc) is 3.37. The number of fused-ring (bicyclic) bond motifs is 4. The van der Waals surface area contributed by atoms with E-state index in [9.17, 15) is 19.2 Å². The first-order valence-corrected chi connectivity index (χ1v) is 11.2. The van der Waals surface area contributed by atoms with E-state index in [1.165, 1.54) is 7.11 Å². The number of halogens is 1. The molecule has 10 heteroatoms. The van der Waals surface area contributed by atoms with Crippen LogP contribution in [-0.4, -0.2) is 41.7 Å². The monoisotopic (exact) mass is 482 g/mol. The number of rotatable bonds is 5. The van der Waals surface area contributed by atoms with Crippen LogP contribution in [-0.2, 0) is 31.3 Å². The van der Waals surface area contributed by atoms with E-state index >= 15 is 0 Å². The van der Waals surface area contributed by atoms with Crippen LogP contribution in [0.5, 0.6) is 5.75 Å². The van der Waals surface area contributed by atoms with Crippen molar-refractivity contribution in [3.63, 3.8) is 0 Å². The quantitative estimate of drug-likeness (QED) is 0.553. The molecule has 2 aromatic carbocycles. The molecule has 4 amide bonds. The zero-order valence-electron chi connectivity index (χ0n) is 18.6. The lowest BCUT2D eigenvalue weighted by molar-refractivity contribution is -0.143. The molecule has 3 heterocycles. The highest BCUT2D eigenvalue weighted by Crippen LogP contribution is 2.54. The molecule has 0 aliphatic carbocycles. The highest BCUT2D eigenvalue weighted by molar-refractivity contribution is 6.32. The molecule has 3 aliphatic rings. The number of nitrogens with zero attached hydrogens (tertiary/aromatic N) is 1. The molecule has 4 atom stereocenters. The third kappa shape index (κ3) is 2.97. The summed E-state index contributed by atoms with van der Waals surface area (Å²) >= 11 is 6.26. The first-order chi connectivity index (χ1) is 16.2. The Morgan fingerprint density at radius 2 is 1.91 bits per heavy atom. The maximum absolute atomic E-state index is 13.8. The maximum Gasteiger partial charge on any atom is 0.250 e. The van der Waals surface area contributed by atoms with Crippen LogP contribution in [0.4, 0.5) is 5.69 Å². The van der Waals surface area contributed by atoms with Gasteiger partial charge in [0.2, 0.25) is 23.6 Å². The number of hydrogen-bond acceptors (Lipinski definition) is 6. The van der Waals surface area contributed by atoms with Crippen LogP contribution in [0.15, 0.2) is 36.4 Å². The summed E-state index contributed by atoms with van der Waals surface area (Å²) in [7, 11) is 1.51. The fourth-order valence-electron chi connectivity index (χ4n) is 5.60. The molecule has 0 radical (unpaired) electrons. The van der Waals surface area contributed by atoms with Crippen LogP contribution >= 0.6 is 11.6 Å². The second-order valence-electron chi connectivity index (χ2n) is 8.86. The second kappa shape index (κ2) is 7.82. The summed E-state index contributed by atoms with van der Waals surface area (Å²) in [4.78, 5) is 53.9. The van der Waals surface area contributed by atoms with Crippen molar-refractivity contribution in [2.45, 2.75) is 31.5 Å². The molecule has 0 saturated carbocycles. The van der Waals surface area contributed by atoms with Crippen molar-refractivity contribution in [3.05, 3.63) is 58.1 Å². The van der Waals surface area contributed by atoms with Crippen LogP contribution in [0.3, 0.4) is 0 Å². The van der Waals surface area contributed by atoms with E-state index in [2.05, 4.69) is 10.6 Å². The van der Waals surface area contributed by atoms with Crippen LogP contribution < -0.4 is 21.1 Å². The number of anilines is 1. The molecule has 2 aromatic rings. The lowest BCUT2D eigenvalue weighted by Gasteiger charge is -2.29. The summed E-state index contributed by atoms with van der Waals surface area (Å²) < 4.78 is 5.38. The van der Waals surface area contributed by atoms with Gasteiger partial charge in [-0.3, -0.25) is 29.4 Å². The van der Waals surface area contributed by atoms with Crippen LogP contribution in [0.25, 0.3) is 0 Å². The summed E-state index contributed by atoms with van der Waals surface area (Å²) in [5, 5.41) is 6.47. The number of amides is 4. The third-order valence-electron chi connectivity index (χ3n) is 7.12. The largest absolute Gasteiger partial charge is 0.496 e. The number of nitrogens with one attached hydrogen (secondary N) is 2. The first kappa shape index (κ1) is 22.4. The van der Waals surface area contributed by atoms with Gasteiger partial charge in [0.1, 0.15) is 11.3 Å². The fourth-order valence-corrected chi connectivity index (χ4v) is 5.76. The van der Waals surface area contributed by atoms with Crippen molar-refractivity contribution in [2.24, 2.45) is 17.6 Å². The van der Waals surface area contributed by atoms with E-state index < -0.39 is 47.0 Å². The molecule has 176 valence electrons. The number of primary amides is 1. The van der Waals surface area contributed by atoms with E-state index in [1.54, 1.807) is 43.3 Å². The number of carbonyl (C=O) groups is 4. The van der Waals surface area contributed by atoms with Gasteiger partial charge in [-0.25, -0.2) is 0 Å². The third-order valence-corrected chi connectivity index (χ3v) is 7.53. The van der Waals surface area contributed by atoms with Gasteiger partial charge in [0.05, 0.1) is 31.2 Å². The summed E-state index contributed by atoms with van der Waals surface area (Å²) in [5.41, 5.74) is 6.30. The number of para-hydroxylation sites is 1. The van der Waals surface area contributed by atoms with Gasteiger partial charge in [0.25, 0.3) is 0 Å². The molecule has 4 N–H and O–H groups in total. The Kier molecular flexibility index (Phi) is 5.14. The summed E-state index contributed by atoms with van der Waals surface area (Å²) in [6, 6.07) is 9.65. The molecule has 0 unspecified atom stereocenters. The van der Waals surface area contributed by atoms with E-state index in [4.69, 9.17) is 22.1 Å². The molecule has 0 bridgehead atoms. The minimum Gasteiger partial charge on any atom is -0.496 e. The van der Waals surface area contributed by atoms with Gasteiger partial charge in [-0.15, -0.1) is 0 Å².